The first-order chi connectivity index (χ1) is 8.66. The fraction of sp³-hybridized carbons (Fsp3) is 0.154. The van der Waals surface area contributed by atoms with E-state index >= 15 is 0 Å². The van der Waals surface area contributed by atoms with E-state index in [4.69, 9.17) is 0 Å². The summed E-state index contributed by atoms with van der Waals surface area (Å²) in [5, 5.41) is 6.71. The van der Waals surface area contributed by atoms with Crippen LogP contribution in [0.1, 0.15) is 15.9 Å². The Balaban J connectivity index is 1.93. The highest BCUT2D eigenvalue weighted by molar-refractivity contribution is 7.80. The predicted octanol–water partition coefficient (Wildman–Crippen LogP) is 3.15. The largest absolute Gasteiger partial charge is 0.352 e. The lowest BCUT2D eigenvalue weighted by Gasteiger charge is -2.06. The molecule has 0 saturated heterocycles. The van der Waals surface area contributed by atoms with Crippen molar-refractivity contribution in [2.45, 2.75) is 11.3 Å². The van der Waals surface area contributed by atoms with E-state index in [9.17, 15) is 9.18 Å². The number of nitrogens with one attached hydrogen (secondary N) is 1. The number of rotatable bonds is 4. The highest BCUT2D eigenvalue weighted by Gasteiger charge is 2.11. The molecule has 0 fully saturated rings. The van der Waals surface area contributed by atoms with E-state index in [-0.39, 0.29) is 5.56 Å². The second-order valence-corrected chi connectivity index (χ2v) is 5.10. The molecule has 5 heteroatoms. The predicted molar refractivity (Wildman–Crippen MR) is 74.0 cm³/mol. The van der Waals surface area contributed by atoms with Gasteiger partial charge >= 0.3 is 0 Å². The van der Waals surface area contributed by atoms with Crippen LogP contribution < -0.4 is 5.32 Å². The maximum absolute atomic E-state index is 13.4. The van der Waals surface area contributed by atoms with Crippen molar-refractivity contribution < 1.29 is 9.18 Å². The second kappa shape index (κ2) is 6.02. The van der Waals surface area contributed by atoms with Gasteiger partial charge in [0.2, 0.25) is 0 Å². The molecule has 1 amide bonds. The van der Waals surface area contributed by atoms with Gasteiger partial charge in [-0.3, -0.25) is 4.79 Å². The normalized spacial score (nSPS) is 10.3. The molecular formula is C13H12FNOS2. The standard InChI is InChI=1S/C13H12FNOS2/c14-12-2-1-10(17)7-11(12)13(16)15-5-3-9-4-6-18-8-9/h1-2,4,6-8,17H,3,5H2,(H,15,16). The average Bonchev–Trinajstić information content (AvgIpc) is 2.85. The quantitative estimate of drug-likeness (QED) is 0.828. The third-order valence-electron chi connectivity index (χ3n) is 2.47. The summed E-state index contributed by atoms with van der Waals surface area (Å²) in [6, 6.07) is 6.20. The van der Waals surface area contributed by atoms with Gasteiger partial charge in [0.05, 0.1) is 5.56 Å². The first-order valence-electron chi connectivity index (χ1n) is 5.44. The maximum Gasteiger partial charge on any atom is 0.254 e. The summed E-state index contributed by atoms with van der Waals surface area (Å²) in [5.74, 6) is -0.931. The third kappa shape index (κ3) is 3.34. The van der Waals surface area contributed by atoms with E-state index < -0.39 is 11.7 Å². The molecule has 0 aliphatic carbocycles. The summed E-state index contributed by atoms with van der Waals surface area (Å²) in [6.45, 7) is 0.492. The molecule has 0 spiro atoms. The molecule has 2 rings (SSSR count). The number of benzene rings is 1. The molecule has 94 valence electrons. The topological polar surface area (TPSA) is 29.1 Å². The van der Waals surface area contributed by atoms with Crippen molar-refractivity contribution in [1.82, 2.24) is 5.32 Å². The first-order valence-corrected chi connectivity index (χ1v) is 6.83. The molecule has 2 nitrogen and oxygen atoms in total. The minimum absolute atomic E-state index is 0.0350. The maximum atomic E-state index is 13.4. The Morgan fingerprint density at radius 1 is 1.39 bits per heavy atom. The minimum Gasteiger partial charge on any atom is -0.352 e. The van der Waals surface area contributed by atoms with Gasteiger partial charge < -0.3 is 5.32 Å². The fourth-order valence-electron chi connectivity index (χ4n) is 1.54. The van der Waals surface area contributed by atoms with Gasteiger partial charge in [-0.05, 0) is 47.0 Å². The molecule has 0 aliphatic heterocycles. The van der Waals surface area contributed by atoms with Crippen LogP contribution in [0.4, 0.5) is 4.39 Å². The number of halogens is 1. The molecule has 0 saturated carbocycles. The van der Waals surface area contributed by atoms with Crippen molar-refractivity contribution in [2.75, 3.05) is 6.54 Å². The van der Waals surface area contributed by atoms with Crippen LogP contribution in [0, 0.1) is 5.82 Å². The van der Waals surface area contributed by atoms with Crippen LogP contribution in [0.15, 0.2) is 39.9 Å². The monoisotopic (exact) mass is 281 g/mol. The molecule has 0 unspecified atom stereocenters. The molecule has 1 heterocycles. The number of thiophene rings is 1. The van der Waals surface area contributed by atoms with Gasteiger partial charge in [-0.2, -0.15) is 11.3 Å². The van der Waals surface area contributed by atoms with Gasteiger partial charge in [-0.1, -0.05) is 0 Å². The van der Waals surface area contributed by atoms with E-state index in [0.29, 0.717) is 11.4 Å². The van der Waals surface area contributed by atoms with Gasteiger partial charge in [0.1, 0.15) is 5.82 Å². The summed E-state index contributed by atoms with van der Waals surface area (Å²) >= 11 is 5.71. The molecular weight excluding hydrogens is 269 g/mol. The van der Waals surface area contributed by atoms with Crippen molar-refractivity contribution in [2.24, 2.45) is 0 Å². The van der Waals surface area contributed by atoms with Crippen LogP contribution in [0.2, 0.25) is 0 Å². The van der Waals surface area contributed by atoms with Crippen LogP contribution in [-0.4, -0.2) is 12.5 Å². The zero-order valence-electron chi connectivity index (χ0n) is 9.52. The lowest BCUT2D eigenvalue weighted by atomic mass is 10.2. The van der Waals surface area contributed by atoms with Gasteiger partial charge in [0.25, 0.3) is 5.91 Å². The van der Waals surface area contributed by atoms with E-state index in [2.05, 4.69) is 17.9 Å². The van der Waals surface area contributed by atoms with E-state index in [1.165, 1.54) is 23.8 Å². The highest BCUT2D eigenvalue weighted by atomic mass is 32.1. The van der Waals surface area contributed by atoms with Crippen LogP contribution in [0.5, 0.6) is 0 Å². The van der Waals surface area contributed by atoms with Crippen LogP contribution >= 0.6 is 24.0 Å². The third-order valence-corrected chi connectivity index (χ3v) is 3.48. The zero-order valence-corrected chi connectivity index (χ0v) is 11.2. The summed E-state index contributed by atoms with van der Waals surface area (Å²) in [4.78, 5) is 12.3. The Kier molecular flexibility index (Phi) is 4.38. The average molecular weight is 281 g/mol. The number of hydrogen-bond donors (Lipinski definition) is 2. The first kappa shape index (κ1) is 13.1. The molecule has 0 aliphatic rings. The molecule has 0 atom stereocenters. The Bertz CT molecular complexity index is 540. The highest BCUT2D eigenvalue weighted by Crippen LogP contribution is 2.13. The summed E-state index contributed by atoms with van der Waals surface area (Å²) in [7, 11) is 0. The van der Waals surface area contributed by atoms with E-state index in [1.54, 1.807) is 11.3 Å². The van der Waals surface area contributed by atoms with Gasteiger partial charge in [0.15, 0.2) is 0 Å². The molecule has 0 bridgehead atoms. The molecule has 1 N–H and O–H groups in total. The van der Waals surface area contributed by atoms with Gasteiger partial charge in [0, 0.05) is 11.4 Å². The van der Waals surface area contributed by atoms with Crippen molar-refractivity contribution in [3.63, 3.8) is 0 Å². The summed E-state index contributed by atoms with van der Waals surface area (Å²) in [6.07, 6.45) is 0.747. The minimum atomic E-state index is -0.527. The van der Waals surface area contributed by atoms with Crippen molar-refractivity contribution >= 4 is 29.9 Å². The Morgan fingerprint density at radius 3 is 2.94 bits per heavy atom. The molecule has 18 heavy (non-hydrogen) atoms. The Morgan fingerprint density at radius 2 is 2.22 bits per heavy atom. The zero-order chi connectivity index (χ0) is 13.0. The number of carbonyl (C=O) groups excluding carboxylic acids is 1. The summed E-state index contributed by atoms with van der Waals surface area (Å²) < 4.78 is 13.4. The number of amides is 1. The van der Waals surface area contributed by atoms with Crippen LogP contribution in [0.3, 0.4) is 0 Å². The Labute approximate surface area is 114 Å². The number of carbonyl (C=O) groups is 1. The number of thiol groups is 1. The summed E-state index contributed by atoms with van der Waals surface area (Å²) in [5.41, 5.74) is 1.21. The second-order valence-electron chi connectivity index (χ2n) is 3.80. The lowest BCUT2D eigenvalue weighted by molar-refractivity contribution is 0.0950. The smallest absolute Gasteiger partial charge is 0.254 e. The van der Waals surface area contributed by atoms with Crippen molar-refractivity contribution in [3.05, 3.63) is 52.0 Å². The van der Waals surface area contributed by atoms with Crippen molar-refractivity contribution in [3.8, 4) is 0 Å². The van der Waals surface area contributed by atoms with E-state index in [0.717, 1.165) is 6.42 Å². The van der Waals surface area contributed by atoms with Gasteiger partial charge in [-0.15, -0.1) is 12.6 Å². The molecule has 2 aromatic rings. The van der Waals surface area contributed by atoms with Crippen molar-refractivity contribution in [1.29, 1.82) is 0 Å². The molecule has 1 aromatic carbocycles. The van der Waals surface area contributed by atoms with Crippen LogP contribution in [-0.2, 0) is 6.42 Å². The SMILES string of the molecule is O=C(NCCc1ccsc1)c1cc(S)ccc1F. The number of hydrogen-bond acceptors (Lipinski definition) is 3. The fourth-order valence-corrected chi connectivity index (χ4v) is 2.44. The van der Waals surface area contributed by atoms with Crippen LogP contribution in [0.25, 0.3) is 0 Å². The van der Waals surface area contributed by atoms with E-state index in [1.807, 2.05) is 16.8 Å². The molecule has 1 aromatic heterocycles. The molecule has 0 radical (unpaired) electrons. The van der Waals surface area contributed by atoms with Gasteiger partial charge in [-0.25, -0.2) is 4.39 Å². The lowest BCUT2D eigenvalue weighted by Crippen LogP contribution is -2.26. The Hall–Kier alpha value is -1.33.